The number of aromatic nitrogens is 2. The smallest absolute Gasteiger partial charge is 0.314 e. The van der Waals surface area contributed by atoms with Crippen LogP contribution in [0.1, 0.15) is 45.5 Å². The number of thioether (sulfide) groups is 1. The molecule has 2 aromatic carbocycles. The molecule has 1 unspecified atom stereocenters. The maximum absolute atomic E-state index is 13.3. The first kappa shape index (κ1) is 22.9. The number of rotatable bonds is 8. The van der Waals surface area contributed by atoms with Crippen molar-refractivity contribution >= 4 is 34.4 Å². The summed E-state index contributed by atoms with van der Waals surface area (Å²) in [5, 5.41) is 3.61. The second-order valence-corrected chi connectivity index (χ2v) is 8.19. The van der Waals surface area contributed by atoms with E-state index in [-0.39, 0.29) is 17.6 Å². The number of hydrogen-bond donors (Lipinski definition) is 1. The number of fused-ring (bicyclic) bond motifs is 1. The van der Waals surface area contributed by atoms with E-state index >= 15 is 0 Å². The number of nitrogens with zero attached hydrogens (tertiary/aromatic N) is 3. The molecule has 0 aliphatic carbocycles. The normalized spacial score (nSPS) is 12.0. The van der Waals surface area contributed by atoms with Gasteiger partial charge in [-0.15, -0.1) is 11.8 Å². The number of hydrogen-bond acceptors (Lipinski definition) is 4. The molecule has 164 valence electrons. The number of carbonyl (C=O) groups excluding carboxylic acids is 1. The Kier molecular flexibility index (Phi) is 7.74. The Morgan fingerprint density at radius 1 is 1.13 bits per heavy atom. The summed E-state index contributed by atoms with van der Waals surface area (Å²) in [6, 6.07) is 14.7. The fourth-order valence-corrected chi connectivity index (χ4v) is 4.21. The van der Waals surface area contributed by atoms with Gasteiger partial charge in [-0.05, 0) is 62.4 Å². The molecule has 1 N–H and O–H groups in total. The van der Waals surface area contributed by atoms with Gasteiger partial charge in [-0.1, -0.05) is 26.0 Å². The molecule has 0 spiro atoms. The third kappa shape index (κ3) is 4.93. The van der Waals surface area contributed by atoms with Crippen LogP contribution in [0.25, 0.3) is 10.9 Å². The molecule has 1 heterocycles. The van der Waals surface area contributed by atoms with Crippen LogP contribution in [0.5, 0.6) is 0 Å². The lowest BCUT2D eigenvalue weighted by Crippen LogP contribution is -2.41. The van der Waals surface area contributed by atoms with Crippen molar-refractivity contribution in [3.63, 3.8) is 0 Å². The molecule has 2 amide bonds. The highest BCUT2D eigenvalue weighted by molar-refractivity contribution is 7.98. The summed E-state index contributed by atoms with van der Waals surface area (Å²) >= 11 is 1.66. The zero-order chi connectivity index (χ0) is 22.4. The molecule has 3 aromatic rings. The predicted octanol–water partition coefficient (Wildman–Crippen LogP) is 5.53. The van der Waals surface area contributed by atoms with E-state index in [0.29, 0.717) is 36.2 Å². The number of para-hydroxylation sites is 1. The number of carbonyl (C=O) groups is 1. The van der Waals surface area contributed by atoms with Crippen LogP contribution in [0.4, 0.5) is 10.5 Å². The Morgan fingerprint density at radius 3 is 2.45 bits per heavy atom. The Hall–Kier alpha value is -2.80. The van der Waals surface area contributed by atoms with Crippen molar-refractivity contribution in [2.75, 3.05) is 18.1 Å². The fourth-order valence-electron chi connectivity index (χ4n) is 3.80. The molecule has 31 heavy (non-hydrogen) atoms. The zero-order valence-corrected chi connectivity index (χ0v) is 19.4. The van der Waals surface area contributed by atoms with Gasteiger partial charge in [-0.25, -0.2) is 9.78 Å². The van der Waals surface area contributed by atoms with E-state index in [1.165, 1.54) is 0 Å². The molecule has 0 radical (unpaired) electrons. The van der Waals surface area contributed by atoms with E-state index in [1.54, 1.807) is 27.3 Å². The minimum atomic E-state index is -0.303. The molecule has 1 atom stereocenters. The topological polar surface area (TPSA) is 67.2 Å². The number of urea groups is 1. The van der Waals surface area contributed by atoms with Gasteiger partial charge < -0.3 is 10.2 Å². The lowest BCUT2D eigenvalue weighted by atomic mass is 10.1. The van der Waals surface area contributed by atoms with Crippen molar-refractivity contribution < 1.29 is 4.79 Å². The van der Waals surface area contributed by atoms with Crippen molar-refractivity contribution in [1.29, 1.82) is 0 Å². The predicted molar refractivity (Wildman–Crippen MR) is 129 cm³/mol. The molecular formula is C24H30N4O2S. The maximum atomic E-state index is 13.3. The average Bonchev–Trinajstić information content (AvgIpc) is 2.79. The lowest BCUT2D eigenvalue weighted by Gasteiger charge is -2.32. The lowest BCUT2D eigenvalue weighted by molar-refractivity contribution is 0.180. The summed E-state index contributed by atoms with van der Waals surface area (Å²) < 4.78 is 1.69. The highest BCUT2D eigenvalue weighted by atomic mass is 32.2. The SMILES string of the molecule is CCCN(C(=O)Nc1ccc(SC)cc1)C(CC)c1nc2ccccc2c(=O)n1CC. The quantitative estimate of drug-likeness (QED) is 0.469. The van der Waals surface area contributed by atoms with Crippen LogP contribution in [0.3, 0.4) is 0 Å². The van der Waals surface area contributed by atoms with E-state index in [0.717, 1.165) is 17.0 Å². The Labute approximate surface area is 187 Å². The molecule has 1 aromatic heterocycles. The minimum absolute atomic E-state index is 0.0638. The second-order valence-electron chi connectivity index (χ2n) is 7.31. The average molecular weight is 439 g/mol. The van der Waals surface area contributed by atoms with E-state index in [4.69, 9.17) is 4.98 Å². The summed E-state index contributed by atoms with van der Waals surface area (Å²) in [5.41, 5.74) is 1.35. The van der Waals surface area contributed by atoms with Gasteiger partial charge >= 0.3 is 6.03 Å². The standard InChI is InChI=1S/C24H30N4O2S/c1-5-16-28(24(30)25-17-12-14-18(31-4)15-13-17)21(6-2)22-26-20-11-9-8-10-19(20)23(29)27(22)7-3/h8-15,21H,5-7,16H2,1-4H3,(H,25,30). The monoisotopic (exact) mass is 438 g/mol. The number of anilines is 1. The third-order valence-corrected chi connectivity index (χ3v) is 6.08. The van der Waals surface area contributed by atoms with Crippen LogP contribution in [-0.4, -0.2) is 33.3 Å². The van der Waals surface area contributed by atoms with Crippen LogP contribution in [0.15, 0.2) is 58.2 Å². The number of benzene rings is 2. The second kappa shape index (κ2) is 10.5. The first-order valence-corrected chi connectivity index (χ1v) is 12.0. The van der Waals surface area contributed by atoms with Gasteiger partial charge in [0.05, 0.1) is 16.9 Å². The van der Waals surface area contributed by atoms with Gasteiger partial charge in [0.25, 0.3) is 5.56 Å². The van der Waals surface area contributed by atoms with E-state index < -0.39 is 0 Å². The van der Waals surface area contributed by atoms with Crippen molar-refractivity contribution in [2.45, 2.75) is 51.1 Å². The molecule has 0 bridgehead atoms. The van der Waals surface area contributed by atoms with Crippen LogP contribution >= 0.6 is 11.8 Å². The molecular weight excluding hydrogens is 408 g/mol. The molecule has 0 aliphatic heterocycles. The van der Waals surface area contributed by atoms with Gasteiger partial charge in [-0.3, -0.25) is 9.36 Å². The molecule has 3 rings (SSSR count). The number of nitrogens with one attached hydrogen (secondary N) is 1. The van der Waals surface area contributed by atoms with Crippen LogP contribution < -0.4 is 10.9 Å². The highest BCUT2D eigenvalue weighted by Gasteiger charge is 2.27. The first-order chi connectivity index (χ1) is 15.0. The molecule has 0 saturated heterocycles. The maximum Gasteiger partial charge on any atom is 0.322 e. The fraction of sp³-hybridized carbons (Fsp3) is 0.375. The van der Waals surface area contributed by atoms with Gasteiger partial charge in [0.15, 0.2) is 0 Å². The molecule has 0 fully saturated rings. The molecule has 0 saturated carbocycles. The van der Waals surface area contributed by atoms with Crippen LogP contribution in [0.2, 0.25) is 0 Å². The summed E-state index contributed by atoms with van der Waals surface area (Å²) in [6.45, 7) is 7.07. The van der Waals surface area contributed by atoms with Crippen molar-refractivity contribution in [1.82, 2.24) is 14.5 Å². The molecule has 7 heteroatoms. The summed E-state index contributed by atoms with van der Waals surface area (Å²) in [7, 11) is 0. The van der Waals surface area contributed by atoms with Crippen molar-refractivity contribution in [2.24, 2.45) is 0 Å². The molecule has 6 nitrogen and oxygen atoms in total. The van der Waals surface area contributed by atoms with Gasteiger partial charge in [0, 0.05) is 23.7 Å². The van der Waals surface area contributed by atoms with Gasteiger partial charge in [0.2, 0.25) is 0 Å². The third-order valence-electron chi connectivity index (χ3n) is 5.34. The van der Waals surface area contributed by atoms with Gasteiger partial charge in [-0.2, -0.15) is 0 Å². The van der Waals surface area contributed by atoms with Gasteiger partial charge in [0.1, 0.15) is 5.82 Å². The van der Waals surface area contributed by atoms with Crippen molar-refractivity contribution in [3.05, 3.63) is 64.7 Å². The summed E-state index contributed by atoms with van der Waals surface area (Å²) in [6.07, 6.45) is 3.48. The van der Waals surface area contributed by atoms with Crippen LogP contribution in [-0.2, 0) is 6.54 Å². The highest BCUT2D eigenvalue weighted by Crippen LogP contribution is 2.25. The summed E-state index contributed by atoms with van der Waals surface area (Å²) in [4.78, 5) is 34.1. The Bertz CT molecular complexity index is 1090. The van der Waals surface area contributed by atoms with E-state index in [9.17, 15) is 9.59 Å². The Balaban J connectivity index is 2.00. The largest absolute Gasteiger partial charge is 0.322 e. The van der Waals surface area contributed by atoms with E-state index in [2.05, 4.69) is 5.32 Å². The summed E-state index contributed by atoms with van der Waals surface area (Å²) in [5.74, 6) is 0.634. The van der Waals surface area contributed by atoms with E-state index in [1.807, 2.05) is 69.5 Å². The first-order valence-electron chi connectivity index (χ1n) is 10.7. The minimum Gasteiger partial charge on any atom is -0.314 e. The van der Waals surface area contributed by atoms with Crippen LogP contribution in [0, 0.1) is 0 Å². The number of amides is 2. The molecule has 0 aliphatic rings. The zero-order valence-electron chi connectivity index (χ0n) is 18.6. The van der Waals surface area contributed by atoms with Crippen molar-refractivity contribution in [3.8, 4) is 0 Å². The Morgan fingerprint density at radius 2 is 1.84 bits per heavy atom.